The van der Waals surface area contributed by atoms with Crippen LogP contribution in [0.2, 0.25) is 0 Å². The molecule has 0 spiro atoms. The summed E-state index contributed by atoms with van der Waals surface area (Å²) in [6.07, 6.45) is -1.81. The molecule has 1 aliphatic rings. The van der Waals surface area contributed by atoms with Crippen LogP contribution in [0.4, 0.5) is 0 Å². The van der Waals surface area contributed by atoms with Crippen LogP contribution in [-0.2, 0) is 4.74 Å². The van der Waals surface area contributed by atoms with Crippen LogP contribution >= 0.6 is 0 Å². The number of rotatable bonds is 4. The molecule has 3 N–H and O–H groups in total. The first-order valence-electron chi connectivity index (χ1n) is 4.91. The lowest BCUT2D eigenvalue weighted by Gasteiger charge is -2.19. The lowest BCUT2D eigenvalue weighted by atomic mass is 10.0. The van der Waals surface area contributed by atoms with Gasteiger partial charge in [0.25, 0.3) is 6.02 Å². The predicted octanol–water partition coefficient (Wildman–Crippen LogP) is -1.59. The third-order valence-electron chi connectivity index (χ3n) is 2.26. The maximum Gasteiger partial charge on any atom is 0.287 e. The summed E-state index contributed by atoms with van der Waals surface area (Å²) in [7, 11) is 3.58. The Kier molecular flexibility index (Phi) is 4.31. The normalized spacial score (nSPS) is 24.3. The predicted molar refractivity (Wildman–Crippen MR) is 54.6 cm³/mol. The average molecular weight is 218 g/mol. The molecule has 0 amide bonds. The lowest BCUT2D eigenvalue weighted by molar-refractivity contribution is -0.0116. The Morgan fingerprint density at radius 3 is 2.67 bits per heavy atom. The number of hydrogen-bond donors (Lipinski definition) is 3. The molecule has 1 aliphatic heterocycles. The van der Waals surface area contributed by atoms with Gasteiger partial charge in [0.1, 0.15) is 18.8 Å². The Morgan fingerprint density at radius 1 is 1.53 bits per heavy atom. The first kappa shape index (κ1) is 12.2. The Morgan fingerprint density at radius 2 is 2.20 bits per heavy atom. The molecule has 0 aromatic rings. The Balaban J connectivity index is 2.52. The number of amidine groups is 1. The maximum absolute atomic E-state index is 9.68. The van der Waals surface area contributed by atoms with E-state index >= 15 is 0 Å². The van der Waals surface area contributed by atoms with E-state index in [4.69, 9.17) is 9.84 Å². The molecule has 6 heteroatoms. The molecule has 15 heavy (non-hydrogen) atoms. The Bertz CT molecular complexity index is 232. The number of nitrogens with zero attached hydrogens (tertiary/aromatic N) is 2. The highest BCUT2D eigenvalue weighted by Crippen LogP contribution is 2.14. The van der Waals surface area contributed by atoms with Crippen molar-refractivity contribution in [1.82, 2.24) is 4.90 Å². The van der Waals surface area contributed by atoms with E-state index in [1.807, 2.05) is 0 Å². The first-order valence-corrected chi connectivity index (χ1v) is 4.91. The molecule has 0 radical (unpaired) electrons. The van der Waals surface area contributed by atoms with Crippen molar-refractivity contribution in [2.45, 2.75) is 24.7 Å². The SMILES string of the molecule is CN(C)C1=NC([C@@H](O)[C@H](O)CCO)CO1. The van der Waals surface area contributed by atoms with Gasteiger partial charge in [0, 0.05) is 20.7 Å². The summed E-state index contributed by atoms with van der Waals surface area (Å²) in [5.41, 5.74) is 0. The van der Waals surface area contributed by atoms with Gasteiger partial charge in [-0.1, -0.05) is 0 Å². The molecule has 3 atom stereocenters. The zero-order valence-corrected chi connectivity index (χ0v) is 9.00. The zero-order chi connectivity index (χ0) is 11.4. The summed E-state index contributed by atoms with van der Waals surface area (Å²) in [6, 6.07) is -0.000742. The van der Waals surface area contributed by atoms with Gasteiger partial charge in [-0.25, -0.2) is 4.99 Å². The number of aliphatic hydroxyl groups excluding tert-OH is 3. The minimum atomic E-state index is -0.991. The van der Waals surface area contributed by atoms with Gasteiger partial charge in [-0.05, 0) is 6.42 Å². The van der Waals surface area contributed by atoms with Crippen LogP contribution < -0.4 is 0 Å². The second kappa shape index (κ2) is 5.29. The number of aliphatic hydroxyl groups is 3. The molecule has 0 fully saturated rings. The summed E-state index contributed by atoms with van der Waals surface area (Å²) in [5.74, 6) is 0. The highest BCUT2D eigenvalue weighted by atomic mass is 16.5. The van der Waals surface area contributed by atoms with Gasteiger partial charge in [0.05, 0.1) is 6.10 Å². The van der Waals surface area contributed by atoms with Gasteiger partial charge < -0.3 is 25.0 Å². The van der Waals surface area contributed by atoms with E-state index in [1.165, 1.54) is 0 Å². The van der Waals surface area contributed by atoms with Crippen LogP contribution in [0.3, 0.4) is 0 Å². The minimum absolute atomic E-state index is 0.143. The van der Waals surface area contributed by atoms with Crippen molar-refractivity contribution < 1.29 is 20.1 Å². The standard InChI is InChI=1S/C9H18N2O4/c1-11(2)9-10-6(5-15-9)8(14)7(13)3-4-12/h6-8,12-14H,3-5H2,1-2H3/t6?,7-,8-/m1/s1. The van der Waals surface area contributed by atoms with Crippen molar-refractivity contribution in [3.63, 3.8) is 0 Å². The van der Waals surface area contributed by atoms with Crippen molar-refractivity contribution in [2.75, 3.05) is 27.3 Å². The van der Waals surface area contributed by atoms with E-state index in [0.717, 1.165) is 0 Å². The zero-order valence-electron chi connectivity index (χ0n) is 9.00. The van der Waals surface area contributed by atoms with Gasteiger partial charge in [-0.3, -0.25) is 0 Å². The van der Waals surface area contributed by atoms with E-state index < -0.39 is 18.2 Å². The number of hydrogen-bond acceptors (Lipinski definition) is 6. The van der Waals surface area contributed by atoms with Crippen LogP contribution in [-0.4, -0.2) is 71.8 Å². The minimum Gasteiger partial charge on any atom is -0.463 e. The quantitative estimate of drug-likeness (QED) is 0.529. The third kappa shape index (κ3) is 3.05. The average Bonchev–Trinajstić information content (AvgIpc) is 2.65. The summed E-state index contributed by atoms with van der Waals surface area (Å²) < 4.78 is 5.22. The Labute approximate surface area is 88.8 Å². The topological polar surface area (TPSA) is 85.5 Å². The van der Waals surface area contributed by atoms with Crippen LogP contribution in [0.1, 0.15) is 6.42 Å². The molecule has 0 bridgehead atoms. The van der Waals surface area contributed by atoms with Crippen LogP contribution in [0.25, 0.3) is 0 Å². The summed E-state index contributed by atoms with van der Waals surface area (Å²) >= 11 is 0. The fraction of sp³-hybridized carbons (Fsp3) is 0.889. The van der Waals surface area contributed by atoms with E-state index in [2.05, 4.69) is 4.99 Å². The Hall–Kier alpha value is -0.850. The molecule has 88 valence electrons. The molecular formula is C9H18N2O4. The van der Waals surface area contributed by atoms with E-state index in [0.29, 0.717) is 6.02 Å². The van der Waals surface area contributed by atoms with Crippen molar-refractivity contribution in [3.8, 4) is 0 Å². The van der Waals surface area contributed by atoms with Gasteiger partial charge >= 0.3 is 0 Å². The molecule has 0 aromatic heterocycles. The van der Waals surface area contributed by atoms with Crippen LogP contribution in [0.15, 0.2) is 4.99 Å². The second-order valence-corrected chi connectivity index (χ2v) is 3.75. The molecule has 6 nitrogen and oxygen atoms in total. The number of ether oxygens (including phenoxy) is 1. The van der Waals surface area contributed by atoms with E-state index in [1.54, 1.807) is 19.0 Å². The largest absolute Gasteiger partial charge is 0.463 e. The van der Waals surface area contributed by atoms with Gasteiger partial charge in [-0.15, -0.1) is 0 Å². The van der Waals surface area contributed by atoms with Crippen molar-refractivity contribution in [2.24, 2.45) is 4.99 Å². The van der Waals surface area contributed by atoms with Crippen molar-refractivity contribution in [3.05, 3.63) is 0 Å². The third-order valence-corrected chi connectivity index (χ3v) is 2.26. The molecule has 0 aromatic carbocycles. The summed E-state index contributed by atoms with van der Waals surface area (Å²) in [4.78, 5) is 5.82. The molecule has 1 unspecified atom stereocenters. The van der Waals surface area contributed by atoms with E-state index in [-0.39, 0.29) is 19.6 Å². The highest BCUT2D eigenvalue weighted by Gasteiger charge is 2.31. The fourth-order valence-electron chi connectivity index (χ4n) is 1.36. The monoisotopic (exact) mass is 218 g/mol. The van der Waals surface area contributed by atoms with Gasteiger partial charge in [0.15, 0.2) is 0 Å². The maximum atomic E-state index is 9.68. The molecule has 1 rings (SSSR count). The lowest BCUT2D eigenvalue weighted by Crippen LogP contribution is -2.37. The van der Waals surface area contributed by atoms with Crippen molar-refractivity contribution in [1.29, 1.82) is 0 Å². The van der Waals surface area contributed by atoms with Gasteiger partial charge in [-0.2, -0.15) is 0 Å². The first-order chi connectivity index (χ1) is 7.06. The second-order valence-electron chi connectivity index (χ2n) is 3.75. The molecule has 0 saturated heterocycles. The highest BCUT2D eigenvalue weighted by molar-refractivity contribution is 5.74. The van der Waals surface area contributed by atoms with Crippen LogP contribution in [0.5, 0.6) is 0 Å². The number of aliphatic imine (C=N–C) groups is 1. The summed E-state index contributed by atoms with van der Waals surface area (Å²) in [5, 5.41) is 27.8. The fourth-order valence-corrected chi connectivity index (χ4v) is 1.36. The smallest absolute Gasteiger partial charge is 0.287 e. The van der Waals surface area contributed by atoms with Gasteiger partial charge in [0.2, 0.25) is 0 Å². The molecule has 0 aliphatic carbocycles. The molecule has 1 heterocycles. The van der Waals surface area contributed by atoms with Crippen LogP contribution in [0, 0.1) is 0 Å². The summed E-state index contributed by atoms with van der Waals surface area (Å²) in [6.45, 7) is 0.104. The van der Waals surface area contributed by atoms with Crippen molar-refractivity contribution >= 4 is 6.02 Å². The molecular weight excluding hydrogens is 200 g/mol. The van der Waals surface area contributed by atoms with E-state index in [9.17, 15) is 10.2 Å². The molecule has 0 saturated carbocycles.